The van der Waals surface area contributed by atoms with Gasteiger partial charge in [0.15, 0.2) is 0 Å². The van der Waals surface area contributed by atoms with Gasteiger partial charge >= 0.3 is 13.3 Å². The molecule has 0 aliphatic heterocycles. The molecule has 0 aromatic rings. The van der Waals surface area contributed by atoms with Gasteiger partial charge in [-0.15, -0.1) is 0 Å². The predicted octanol–water partition coefficient (Wildman–Crippen LogP) is -0.561. The number of esters is 1. The Kier molecular flexibility index (Phi) is 5.15. The van der Waals surface area contributed by atoms with Crippen LogP contribution in [0.15, 0.2) is 11.8 Å². The van der Waals surface area contributed by atoms with Crippen LogP contribution in [0.1, 0.15) is 13.8 Å². The lowest BCUT2D eigenvalue weighted by molar-refractivity contribution is -0.137. The first-order valence-electron chi connectivity index (χ1n) is 3.44. The summed E-state index contributed by atoms with van der Waals surface area (Å²) in [6, 6.07) is 0. The quantitative estimate of drug-likeness (QED) is 0.258. The summed E-state index contributed by atoms with van der Waals surface area (Å²) in [5, 5.41) is 16.6. The van der Waals surface area contributed by atoms with Crippen molar-refractivity contribution in [2.24, 2.45) is 0 Å². The van der Waals surface area contributed by atoms with Gasteiger partial charge in [0, 0.05) is 0 Å². The van der Waals surface area contributed by atoms with Gasteiger partial charge in [-0.1, -0.05) is 0 Å². The van der Waals surface area contributed by atoms with E-state index in [9.17, 15) is 4.79 Å². The Morgan fingerprint density at radius 2 is 2.17 bits per heavy atom. The van der Waals surface area contributed by atoms with Crippen molar-refractivity contribution in [2.75, 3.05) is 6.61 Å². The highest BCUT2D eigenvalue weighted by molar-refractivity contribution is 6.33. The fourth-order valence-corrected chi connectivity index (χ4v) is 0.550. The minimum atomic E-state index is -1.91. The second kappa shape index (κ2) is 5.62. The average molecular weight is 174 g/mol. The molecule has 0 atom stereocenters. The Hall–Kier alpha value is -1.01. The fraction of sp³-hybridized carbons (Fsp3) is 0.500. The van der Waals surface area contributed by atoms with Crippen molar-refractivity contribution in [3.63, 3.8) is 0 Å². The molecule has 2 N–H and O–H groups in total. The summed E-state index contributed by atoms with van der Waals surface area (Å²) in [5.41, 5.74) is 0. The normalized spacial score (nSPS) is 10.8. The van der Waals surface area contributed by atoms with Crippen molar-refractivity contribution >= 4 is 13.3 Å². The maximum atomic E-state index is 10.7. The fourth-order valence-electron chi connectivity index (χ4n) is 0.550. The lowest BCUT2D eigenvalue weighted by Crippen LogP contribution is -2.16. The molecule has 0 saturated heterocycles. The molecule has 0 fully saturated rings. The Morgan fingerprint density at radius 3 is 2.58 bits per heavy atom. The lowest BCUT2D eigenvalue weighted by atomic mass is 10.2. The van der Waals surface area contributed by atoms with Crippen LogP contribution >= 0.6 is 0 Å². The first kappa shape index (κ1) is 11.0. The Balaban J connectivity index is 3.89. The molecule has 0 rings (SSSR count). The lowest BCUT2D eigenvalue weighted by Gasteiger charge is -2.03. The second-order valence-corrected chi connectivity index (χ2v) is 1.95. The maximum absolute atomic E-state index is 10.7. The van der Waals surface area contributed by atoms with Crippen LogP contribution in [0.3, 0.4) is 0 Å². The summed E-state index contributed by atoms with van der Waals surface area (Å²) >= 11 is 0. The van der Waals surface area contributed by atoms with Crippen molar-refractivity contribution < 1.29 is 24.2 Å². The van der Waals surface area contributed by atoms with E-state index in [1.807, 2.05) is 0 Å². The molecule has 0 bridgehead atoms. The van der Waals surface area contributed by atoms with Crippen molar-refractivity contribution in [3.05, 3.63) is 11.8 Å². The van der Waals surface area contributed by atoms with Crippen molar-refractivity contribution in [3.8, 4) is 0 Å². The van der Waals surface area contributed by atoms with E-state index in [1.165, 1.54) is 6.92 Å². The van der Waals surface area contributed by atoms with Crippen molar-refractivity contribution in [1.29, 1.82) is 0 Å². The third-order valence-electron chi connectivity index (χ3n) is 0.899. The average Bonchev–Trinajstić information content (AvgIpc) is 1.84. The highest BCUT2D eigenvalue weighted by atomic mass is 16.6. The Labute approximate surface area is 70.8 Å². The zero-order valence-corrected chi connectivity index (χ0v) is 6.98. The molecule has 0 unspecified atom stereocenters. The molecule has 0 amide bonds. The molecule has 5 nitrogen and oxygen atoms in total. The third kappa shape index (κ3) is 5.76. The molecule has 12 heavy (non-hydrogen) atoms. The van der Waals surface area contributed by atoms with Gasteiger partial charge in [0.2, 0.25) is 0 Å². The van der Waals surface area contributed by atoms with E-state index in [1.54, 1.807) is 6.92 Å². The van der Waals surface area contributed by atoms with E-state index < -0.39 is 13.3 Å². The van der Waals surface area contributed by atoms with Crippen LogP contribution in [0.25, 0.3) is 0 Å². The van der Waals surface area contributed by atoms with Crippen LogP contribution in [0.5, 0.6) is 0 Å². The molecule has 0 radical (unpaired) electrons. The van der Waals surface area contributed by atoms with Gasteiger partial charge in [-0.3, -0.25) is 0 Å². The summed E-state index contributed by atoms with van der Waals surface area (Å²) in [6.45, 7) is 3.35. The van der Waals surface area contributed by atoms with E-state index in [-0.39, 0.29) is 12.4 Å². The van der Waals surface area contributed by atoms with E-state index in [0.29, 0.717) is 0 Å². The monoisotopic (exact) mass is 174 g/mol. The first-order chi connectivity index (χ1) is 5.56. The minimum absolute atomic E-state index is 0.0865. The number of rotatable bonds is 4. The van der Waals surface area contributed by atoms with Crippen LogP contribution in [-0.2, 0) is 14.2 Å². The summed E-state index contributed by atoms with van der Waals surface area (Å²) in [7, 11) is -1.91. The summed E-state index contributed by atoms with van der Waals surface area (Å²) in [6.07, 6.45) is 1.03. The van der Waals surface area contributed by atoms with Crippen molar-refractivity contribution in [1.82, 2.24) is 0 Å². The first-order valence-corrected chi connectivity index (χ1v) is 3.44. The van der Waals surface area contributed by atoms with E-state index in [2.05, 4.69) is 9.39 Å². The number of hydrogen-bond donors (Lipinski definition) is 2. The van der Waals surface area contributed by atoms with Gasteiger partial charge in [0.05, 0.1) is 18.4 Å². The molecular formula is C6H11BO5. The highest BCUT2D eigenvalue weighted by Gasteiger charge is 2.11. The second-order valence-electron chi connectivity index (χ2n) is 1.95. The zero-order valence-electron chi connectivity index (χ0n) is 6.98. The summed E-state index contributed by atoms with van der Waals surface area (Å²) in [4.78, 5) is 10.7. The molecule has 0 aliphatic rings. The maximum Gasteiger partial charge on any atom is 0.707 e. The number of ether oxygens (including phenoxy) is 1. The number of allylic oxidation sites excluding steroid dienone is 1. The molecular weight excluding hydrogens is 163 g/mol. The van der Waals surface area contributed by atoms with Gasteiger partial charge in [-0.2, -0.15) is 0 Å². The molecule has 0 heterocycles. The molecule has 0 saturated carbocycles. The van der Waals surface area contributed by atoms with Gasteiger partial charge in [0.25, 0.3) is 0 Å². The third-order valence-corrected chi connectivity index (χ3v) is 0.899. The SMILES string of the molecule is CCOC(=O)/C=C(/C)OB(O)O. The smallest absolute Gasteiger partial charge is 0.516 e. The predicted molar refractivity (Wildman–Crippen MR) is 41.7 cm³/mol. The summed E-state index contributed by atoms with van der Waals surface area (Å²) < 4.78 is 8.87. The van der Waals surface area contributed by atoms with Gasteiger partial charge in [-0.25, -0.2) is 4.79 Å². The van der Waals surface area contributed by atoms with E-state index in [0.717, 1.165) is 6.08 Å². The molecule has 0 spiro atoms. The van der Waals surface area contributed by atoms with Gasteiger partial charge < -0.3 is 19.4 Å². The van der Waals surface area contributed by atoms with Gasteiger partial charge in [0.1, 0.15) is 0 Å². The van der Waals surface area contributed by atoms with Crippen molar-refractivity contribution in [2.45, 2.75) is 13.8 Å². The largest absolute Gasteiger partial charge is 0.707 e. The molecule has 0 aromatic carbocycles. The number of carbonyl (C=O) groups is 1. The number of hydrogen-bond acceptors (Lipinski definition) is 5. The van der Waals surface area contributed by atoms with E-state index >= 15 is 0 Å². The van der Waals surface area contributed by atoms with Crippen LogP contribution in [-0.4, -0.2) is 29.9 Å². The summed E-state index contributed by atoms with van der Waals surface area (Å²) in [5.74, 6) is -0.487. The van der Waals surface area contributed by atoms with Gasteiger partial charge in [-0.05, 0) is 13.8 Å². The van der Waals surface area contributed by atoms with Crippen LogP contribution in [0.2, 0.25) is 0 Å². The van der Waals surface area contributed by atoms with Crippen LogP contribution in [0, 0.1) is 0 Å². The standard InChI is InChI=1S/C6H11BO5/c1-3-11-6(8)4-5(2)12-7(9)10/h4,9-10H,3H2,1-2H3/b5-4-. The molecule has 68 valence electrons. The molecule has 0 aliphatic carbocycles. The van der Waals surface area contributed by atoms with Crippen LogP contribution in [0.4, 0.5) is 0 Å². The topological polar surface area (TPSA) is 76.0 Å². The minimum Gasteiger partial charge on any atom is -0.516 e. The Morgan fingerprint density at radius 1 is 1.58 bits per heavy atom. The number of carbonyl (C=O) groups excluding carboxylic acids is 1. The molecule has 6 heteroatoms. The van der Waals surface area contributed by atoms with E-state index in [4.69, 9.17) is 10.0 Å². The highest BCUT2D eigenvalue weighted by Crippen LogP contribution is 1.96. The van der Waals surface area contributed by atoms with Crippen LogP contribution < -0.4 is 0 Å². The molecule has 0 aromatic heterocycles. The Bertz CT molecular complexity index is 177. The zero-order chi connectivity index (χ0) is 9.56.